The average Bonchev–Trinajstić information content (AvgIpc) is 3.02. The van der Waals surface area contributed by atoms with E-state index in [2.05, 4.69) is 15.9 Å². The Kier molecular flexibility index (Phi) is 4.19. The highest BCUT2D eigenvalue weighted by Crippen LogP contribution is 2.25. The first kappa shape index (κ1) is 16.6. The van der Waals surface area contributed by atoms with Gasteiger partial charge in [-0.25, -0.2) is 9.69 Å². The first-order chi connectivity index (χ1) is 11.9. The van der Waals surface area contributed by atoms with Crippen LogP contribution in [0.15, 0.2) is 50.9 Å². The summed E-state index contributed by atoms with van der Waals surface area (Å²) in [5.74, 6) is -2.37. The smallest absolute Gasteiger partial charge is 0.401 e. The number of urea groups is 1. The third kappa shape index (κ3) is 3.19. The van der Waals surface area contributed by atoms with Gasteiger partial charge in [0.15, 0.2) is 0 Å². The number of rotatable bonds is 3. The molecule has 25 heavy (non-hydrogen) atoms. The monoisotopic (exact) mass is 405 g/mol. The lowest BCUT2D eigenvalue weighted by molar-refractivity contribution is -0.402. The molecular weight excluding hydrogens is 398 g/mol. The Hall–Kier alpha value is -3.27. The van der Waals surface area contributed by atoms with Gasteiger partial charge in [-0.3, -0.25) is 25.0 Å². The lowest BCUT2D eigenvalue weighted by atomic mass is 10.1. The Balaban J connectivity index is 1.98. The van der Waals surface area contributed by atoms with E-state index in [1.54, 1.807) is 12.1 Å². The molecule has 0 radical (unpaired) electrons. The molecule has 2 heterocycles. The molecule has 10 heteroatoms. The number of nitrogens with one attached hydrogen (secondary N) is 1. The van der Waals surface area contributed by atoms with Crippen LogP contribution in [-0.4, -0.2) is 22.8 Å². The van der Waals surface area contributed by atoms with Gasteiger partial charge in [0.05, 0.1) is 11.8 Å². The molecule has 1 aliphatic heterocycles. The second-order valence-electron chi connectivity index (χ2n) is 4.87. The van der Waals surface area contributed by atoms with Crippen molar-refractivity contribution in [2.45, 2.75) is 0 Å². The maximum atomic E-state index is 12.6. The number of hydrogen-bond acceptors (Lipinski definition) is 6. The molecule has 1 aromatic carbocycles. The van der Waals surface area contributed by atoms with Gasteiger partial charge >= 0.3 is 11.9 Å². The van der Waals surface area contributed by atoms with Crippen molar-refractivity contribution in [1.29, 1.82) is 0 Å². The first-order valence-electron chi connectivity index (χ1n) is 6.78. The fourth-order valence-corrected chi connectivity index (χ4v) is 2.41. The molecule has 0 saturated carbocycles. The van der Waals surface area contributed by atoms with Gasteiger partial charge in [-0.15, -0.1) is 0 Å². The highest BCUT2D eigenvalue weighted by molar-refractivity contribution is 9.10. The lowest BCUT2D eigenvalue weighted by Crippen LogP contribution is -2.54. The zero-order valence-electron chi connectivity index (χ0n) is 12.3. The van der Waals surface area contributed by atoms with E-state index in [0.29, 0.717) is 0 Å². The van der Waals surface area contributed by atoms with Gasteiger partial charge in [0.1, 0.15) is 16.3 Å². The maximum absolute atomic E-state index is 12.6. The van der Waals surface area contributed by atoms with E-state index in [4.69, 9.17) is 4.42 Å². The predicted molar refractivity (Wildman–Crippen MR) is 88.5 cm³/mol. The van der Waals surface area contributed by atoms with Crippen molar-refractivity contribution in [3.8, 4) is 0 Å². The molecule has 0 bridgehead atoms. The van der Waals surface area contributed by atoms with Crippen LogP contribution in [-0.2, 0) is 9.59 Å². The van der Waals surface area contributed by atoms with Crippen molar-refractivity contribution in [2.75, 3.05) is 4.90 Å². The van der Waals surface area contributed by atoms with Gasteiger partial charge in [0, 0.05) is 4.47 Å². The quantitative estimate of drug-likeness (QED) is 0.362. The molecule has 1 fully saturated rings. The number of nitro groups is 1. The van der Waals surface area contributed by atoms with Crippen molar-refractivity contribution in [2.24, 2.45) is 0 Å². The van der Waals surface area contributed by atoms with Gasteiger partial charge < -0.3 is 4.42 Å². The van der Waals surface area contributed by atoms with Crippen molar-refractivity contribution in [1.82, 2.24) is 5.32 Å². The summed E-state index contributed by atoms with van der Waals surface area (Å²) in [7, 11) is 0. The van der Waals surface area contributed by atoms with E-state index in [-0.39, 0.29) is 17.0 Å². The van der Waals surface area contributed by atoms with E-state index in [1.807, 2.05) is 5.32 Å². The summed E-state index contributed by atoms with van der Waals surface area (Å²) in [4.78, 5) is 47.2. The molecule has 1 N–H and O–H groups in total. The average molecular weight is 406 g/mol. The minimum absolute atomic E-state index is 0.0599. The Morgan fingerprint density at radius 2 is 1.80 bits per heavy atom. The SMILES string of the molecule is O=C1NC(=O)N(c2ccc(Br)cc2)C(=O)/C1=C\c1ccc([N+](=O)[O-])o1. The van der Waals surface area contributed by atoms with Gasteiger partial charge in [0.2, 0.25) is 0 Å². The molecule has 1 aromatic heterocycles. The largest absolute Gasteiger partial charge is 0.433 e. The lowest BCUT2D eigenvalue weighted by Gasteiger charge is -2.26. The topological polar surface area (TPSA) is 123 Å². The van der Waals surface area contributed by atoms with Gasteiger partial charge in [-0.1, -0.05) is 15.9 Å². The van der Waals surface area contributed by atoms with E-state index >= 15 is 0 Å². The highest BCUT2D eigenvalue weighted by atomic mass is 79.9. The van der Waals surface area contributed by atoms with Crippen molar-refractivity contribution in [3.63, 3.8) is 0 Å². The molecule has 0 atom stereocenters. The fourth-order valence-electron chi connectivity index (χ4n) is 2.14. The van der Waals surface area contributed by atoms with Crippen LogP contribution in [0, 0.1) is 10.1 Å². The standard InChI is InChI=1S/C15H8BrN3O6/c16-8-1-3-9(4-2-8)18-14(21)11(13(20)17-15(18)22)7-10-5-6-12(25-10)19(23)24/h1-7H,(H,17,20,22)/b11-7-. The Morgan fingerprint density at radius 1 is 1.12 bits per heavy atom. The summed E-state index contributed by atoms with van der Waals surface area (Å²) >= 11 is 3.24. The van der Waals surface area contributed by atoms with Crippen molar-refractivity contribution >= 4 is 51.4 Å². The normalized spacial score (nSPS) is 16.3. The first-order valence-corrected chi connectivity index (χ1v) is 7.57. The van der Waals surface area contributed by atoms with Crippen LogP contribution in [0.25, 0.3) is 6.08 Å². The second-order valence-corrected chi connectivity index (χ2v) is 5.78. The molecule has 3 rings (SSSR count). The number of carbonyl (C=O) groups excluding carboxylic acids is 3. The number of benzene rings is 1. The zero-order valence-corrected chi connectivity index (χ0v) is 13.8. The molecule has 1 aliphatic rings. The van der Waals surface area contributed by atoms with Crippen LogP contribution in [0.2, 0.25) is 0 Å². The molecule has 0 unspecified atom stereocenters. The number of halogens is 1. The molecule has 4 amide bonds. The van der Waals surface area contributed by atoms with Gasteiger partial charge in [0.25, 0.3) is 11.8 Å². The Morgan fingerprint density at radius 3 is 2.40 bits per heavy atom. The number of barbiturate groups is 1. The molecule has 0 aliphatic carbocycles. The third-order valence-corrected chi connectivity index (χ3v) is 3.79. The molecule has 2 aromatic rings. The zero-order chi connectivity index (χ0) is 18.1. The maximum Gasteiger partial charge on any atom is 0.433 e. The summed E-state index contributed by atoms with van der Waals surface area (Å²) in [6.07, 6.45) is 1.04. The number of furan rings is 1. The molecule has 126 valence electrons. The van der Waals surface area contributed by atoms with Crippen molar-refractivity contribution in [3.05, 3.63) is 62.3 Å². The molecule has 1 saturated heterocycles. The van der Waals surface area contributed by atoms with Crippen LogP contribution in [0.5, 0.6) is 0 Å². The van der Waals surface area contributed by atoms with E-state index in [0.717, 1.165) is 21.5 Å². The van der Waals surface area contributed by atoms with Crippen LogP contribution in [0.1, 0.15) is 5.76 Å². The van der Waals surface area contributed by atoms with Crippen LogP contribution in [0.3, 0.4) is 0 Å². The van der Waals surface area contributed by atoms with Gasteiger partial charge in [-0.05, 0) is 36.4 Å². The summed E-state index contributed by atoms with van der Waals surface area (Å²) in [6, 6.07) is 7.75. The second kappa shape index (κ2) is 6.32. The number of carbonyl (C=O) groups is 3. The summed E-state index contributed by atoms with van der Waals surface area (Å²) in [5, 5.41) is 12.7. The summed E-state index contributed by atoms with van der Waals surface area (Å²) < 4.78 is 5.66. The predicted octanol–water partition coefficient (Wildman–Crippen LogP) is 2.62. The van der Waals surface area contributed by atoms with Crippen LogP contribution in [0.4, 0.5) is 16.4 Å². The fraction of sp³-hybridized carbons (Fsp3) is 0. The number of anilines is 1. The number of imide groups is 2. The Bertz CT molecular complexity index is 931. The van der Waals surface area contributed by atoms with Crippen LogP contribution < -0.4 is 10.2 Å². The minimum atomic E-state index is -0.914. The van der Waals surface area contributed by atoms with E-state index in [9.17, 15) is 24.5 Å². The molecule has 9 nitrogen and oxygen atoms in total. The number of amides is 4. The van der Waals surface area contributed by atoms with E-state index < -0.39 is 28.7 Å². The van der Waals surface area contributed by atoms with Crippen LogP contribution >= 0.6 is 15.9 Å². The number of hydrogen-bond donors (Lipinski definition) is 1. The highest BCUT2D eigenvalue weighted by Gasteiger charge is 2.37. The Labute approximate surface area is 148 Å². The molecule has 0 spiro atoms. The molecular formula is C15H8BrN3O6. The van der Waals surface area contributed by atoms with E-state index in [1.165, 1.54) is 18.2 Å². The third-order valence-electron chi connectivity index (χ3n) is 3.27. The van der Waals surface area contributed by atoms with Gasteiger partial charge in [-0.2, -0.15) is 0 Å². The van der Waals surface area contributed by atoms with Crippen molar-refractivity contribution < 1.29 is 23.7 Å². The number of nitrogens with zero attached hydrogens (tertiary/aromatic N) is 2. The summed E-state index contributed by atoms with van der Waals surface area (Å²) in [6.45, 7) is 0. The summed E-state index contributed by atoms with van der Waals surface area (Å²) in [5.41, 5.74) is -0.124. The minimum Gasteiger partial charge on any atom is -0.401 e.